The summed E-state index contributed by atoms with van der Waals surface area (Å²) in [5.41, 5.74) is 0.780. The quantitative estimate of drug-likeness (QED) is 0.802. The zero-order valence-electron chi connectivity index (χ0n) is 8.24. The molecule has 0 saturated heterocycles. The van der Waals surface area contributed by atoms with E-state index in [1.807, 2.05) is 25.1 Å². The summed E-state index contributed by atoms with van der Waals surface area (Å²) in [7, 11) is 0. The molecule has 1 aromatic carbocycles. The molecule has 0 aliphatic carbocycles. The number of nitrogens with zero attached hydrogens (tertiary/aromatic N) is 1. The van der Waals surface area contributed by atoms with Gasteiger partial charge in [-0.3, -0.25) is 0 Å². The van der Waals surface area contributed by atoms with Crippen LogP contribution in [0.1, 0.15) is 11.5 Å². The van der Waals surface area contributed by atoms with Crippen LogP contribution in [0.3, 0.4) is 0 Å². The zero-order chi connectivity index (χ0) is 10.7. The number of ether oxygens (including phenoxy) is 1. The van der Waals surface area contributed by atoms with Crippen molar-refractivity contribution in [1.82, 2.24) is 5.16 Å². The minimum Gasteiger partial charge on any atom is -0.487 e. The number of hydrogen-bond acceptors (Lipinski definition) is 3. The average Bonchev–Trinajstić information content (AvgIpc) is 2.64. The maximum absolute atomic E-state index is 5.75. The van der Waals surface area contributed by atoms with Gasteiger partial charge >= 0.3 is 0 Å². The van der Waals surface area contributed by atoms with Gasteiger partial charge in [-0.05, 0) is 31.2 Å². The molecule has 3 nitrogen and oxygen atoms in total. The number of benzene rings is 1. The highest BCUT2D eigenvalue weighted by atomic mass is 35.5. The minimum atomic E-state index is 0.402. The summed E-state index contributed by atoms with van der Waals surface area (Å²) in [6.07, 6.45) is 0. The molecule has 1 aromatic heterocycles. The van der Waals surface area contributed by atoms with Crippen molar-refractivity contribution in [2.24, 2.45) is 0 Å². The highest BCUT2D eigenvalue weighted by molar-refractivity contribution is 6.30. The summed E-state index contributed by atoms with van der Waals surface area (Å²) in [6.45, 7) is 2.25. The zero-order valence-corrected chi connectivity index (χ0v) is 8.99. The van der Waals surface area contributed by atoms with Crippen molar-refractivity contribution in [3.63, 3.8) is 0 Å². The maximum atomic E-state index is 5.75. The Morgan fingerprint density at radius 3 is 2.67 bits per heavy atom. The van der Waals surface area contributed by atoms with Gasteiger partial charge in [0.25, 0.3) is 0 Å². The lowest BCUT2D eigenvalue weighted by molar-refractivity contribution is 0.288. The first kappa shape index (κ1) is 10.1. The molecule has 2 rings (SSSR count). The first-order chi connectivity index (χ1) is 7.24. The standard InChI is InChI=1S/C11H10ClNO2/c1-8-6-10(13-15-8)7-14-11-4-2-9(12)3-5-11/h2-6H,7H2,1H3. The summed E-state index contributed by atoms with van der Waals surface area (Å²) in [5.74, 6) is 1.55. The van der Waals surface area contributed by atoms with Crippen molar-refractivity contribution in [3.8, 4) is 5.75 Å². The van der Waals surface area contributed by atoms with E-state index in [4.69, 9.17) is 20.9 Å². The topological polar surface area (TPSA) is 35.3 Å². The van der Waals surface area contributed by atoms with Crippen LogP contribution in [0.4, 0.5) is 0 Å². The Kier molecular flexibility index (Phi) is 2.92. The summed E-state index contributed by atoms with van der Waals surface area (Å²) >= 11 is 5.75. The second-order valence-electron chi connectivity index (χ2n) is 3.17. The Morgan fingerprint density at radius 2 is 2.07 bits per heavy atom. The molecule has 0 aliphatic heterocycles. The van der Waals surface area contributed by atoms with Crippen molar-refractivity contribution in [1.29, 1.82) is 0 Å². The lowest BCUT2D eigenvalue weighted by Crippen LogP contribution is -1.94. The van der Waals surface area contributed by atoms with Gasteiger partial charge in [0, 0.05) is 11.1 Å². The lowest BCUT2D eigenvalue weighted by Gasteiger charge is -2.02. The molecule has 0 fully saturated rings. The molecule has 0 amide bonds. The van der Waals surface area contributed by atoms with Crippen LogP contribution in [0, 0.1) is 6.92 Å². The summed E-state index contributed by atoms with van der Waals surface area (Å²) in [6, 6.07) is 9.04. The molecule has 0 bridgehead atoms. The van der Waals surface area contributed by atoms with Gasteiger partial charge in [-0.15, -0.1) is 0 Å². The van der Waals surface area contributed by atoms with Crippen LogP contribution in [0.5, 0.6) is 5.75 Å². The molecule has 1 heterocycles. The third-order valence-electron chi connectivity index (χ3n) is 1.88. The first-order valence-corrected chi connectivity index (χ1v) is 4.92. The predicted octanol–water partition coefficient (Wildman–Crippen LogP) is 3.22. The average molecular weight is 224 g/mol. The second kappa shape index (κ2) is 4.36. The third kappa shape index (κ3) is 2.73. The number of aromatic nitrogens is 1. The van der Waals surface area contributed by atoms with Crippen molar-refractivity contribution < 1.29 is 9.26 Å². The third-order valence-corrected chi connectivity index (χ3v) is 2.13. The normalized spacial score (nSPS) is 10.3. The molecular weight excluding hydrogens is 214 g/mol. The van der Waals surface area contributed by atoms with Crippen LogP contribution >= 0.6 is 11.6 Å². The predicted molar refractivity (Wildman–Crippen MR) is 57.0 cm³/mol. The molecule has 78 valence electrons. The van der Waals surface area contributed by atoms with E-state index in [1.54, 1.807) is 12.1 Å². The van der Waals surface area contributed by atoms with E-state index in [0.29, 0.717) is 11.6 Å². The molecule has 0 unspecified atom stereocenters. The molecule has 0 N–H and O–H groups in total. The SMILES string of the molecule is Cc1cc(COc2ccc(Cl)cc2)no1. The Labute approximate surface area is 92.6 Å². The molecule has 0 radical (unpaired) electrons. The van der Waals surface area contributed by atoms with E-state index in [1.165, 1.54) is 0 Å². The van der Waals surface area contributed by atoms with Gasteiger partial charge in [-0.2, -0.15) is 0 Å². The monoisotopic (exact) mass is 223 g/mol. The van der Waals surface area contributed by atoms with Crippen molar-refractivity contribution >= 4 is 11.6 Å². The molecular formula is C11H10ClNO2. The summed E-state index contributed by atoms with van der Waals surface area (Å²) in [4.78, 5) is 0. The number of hydrogen-bond donors (Lipinski definition) is 0. The van der Waals surface area contributed by atoms with Crippen LogP contribution in [0.25, 0.3) is 0 Å². The second-order valence-corrected chi connectivity index (χ2v) is 3.61. The molecule has 0 saturated carbocycles. The fourth-order valence-corrected chi connectivity index (χ4v) is 1.30. The van der Waals surface area contributed by atoms with E-state index >= 15 is 0 Å². The van der Waals surface area contributed by atoms with E-state index in [2.05, 4.69) is 5.16 Å². The van der Waals surface area contributed by atoms with Crippen LogP contribution in [0.15, 0.2) is 34.9 Å². The van der Waals surface area contributed by atoms with Gasteiger partial charge in [-0.25, -0.2) is 0 Å². The van der Waals surface area contributed by atoms with Gasteiger partial charge in [0.1, 0.15) is 23.8 Å². The Morgan fingerprint density at radius 1 is 1.33 bits per heavy atom. The van der Waals surface area contributed by atoms with E-state index in [0.717, 1.165) is 17.2 Å². The maximum Gasteiger partial charge on any atom is 0.134 e. The van der Waals surface area contributed by atoms with Crippen molar-refractivity contribution in [2.45, 2.75) is 13.5 Å². The number of halogens is 1. The van der Waals surface area contributed by atoms with Gasteiger partial charge in [0.15, 0.2) is 0 Å². The molecule has 15 heavy (non-hydrogen) atoms. The minimum absolute atomic E-state index is 0.402. The molecule has 0 spiro atoms. The largest absolute Gasteiger partial charge is 0.487 e. The van der Waals surface area contributed by atoms with E-state index in [9.17, 15) is 0 Å². The molecule has 2 aromatic rings. The first-order valence-electron chi connectivity index (χ1n) is 4.54. The van der Waals surface area contributed by atoms with Gasteiger partial charge in [-0.1, -0.05) is 16.8 Å². The lowest BCUT2D eigenvalue weighted by atomic mass is 10.3. The van der Waals surface area contributed by atoms with Gasteiger partial charge < -0.3 is 9.26 Å². The van der Waals surface area contributed by atoms with Crippen LogP contribution in [0.2, 0.25) is 5.02 Å². The molecule has 4 heteroatoms. The Bertz CT molecular complexity index is 436. The van der Waals surface area contributed by atoms with Gasteiger partial charge in [0.2, 0.25) is 0 Å². The highest BCUT2D eigenvalue weighted by Crippen LogP contribution is 2.16. The summed E-state index contributed by atoms with van der Waals surface area (Å²) in [5, 5.41) is 4.52. The van der Waals surface area contributed by atoms with E-state index in [-0.39, 0.29) is 0 Å². The smallest absolute Gasteiger partial charge is 0.134 e. The van der Waals surface area contributed by atoms with Crippen LogP contribution in [-0.2, 0) is 6.61 Å². The number of aryl methyl sites for hydroxylation is 1. The fraction of sp³-hybridized carbons (Fsp3) is 0.182. The highest BCUT2D eigenvalue weighted by Gasteiger charge is 2.01. The Balaban J connectivity index is 1.96. The van der Waals surface area contributed by atoms with Crippen molar-refractivity contribution in [3.05, 3.63) is 46.8 Å². The Hall–Kier alpha value is -1.48. The van der Waals surface area contributed by atoms with E-state index < -0.39 is 0 Å². The van der Waals surface area contributed by atoms with Crippen LogP contribution < -0.4 is 4.74 Å². The van der Waals surface area contributed by atoms with Gasteiger partial charge in [0.05, 0.1) is 0 Å². The fourth-order valence-electron chi connectivity index (χ4n) is 1.17. The number of rotatable bonds is 3. The van der Waals surface area contributed by atoms with Crippen LogP contribution in [-0.4, -0.2) is 5.16 Å². The molecule has 0 aliphatic rings. The van der Waals surface area contributed by atoms with Crippen molar-refractivity contribution in [2.75, 3.05) is 0 Å². The summed E-state index contributed by atoms with van der Waals surface area (Å²) < 4.78 is 10.4. The molecule has 0 atom stereocenters.